The summed E-state index contributed by atoms with van der Waals surface area (Å²) in [6.07, 6.45) is 2.99. The molecule has 0 radical (unpaired) electrons. The minimum atomic E-state index is -0.477. The lowest BCUT2D eigenvalue weighted by Gasteiger charge is -2.05. The number of hydrogen-bond donors (Lipinski definition) is 0. The molecule has 1 heterocycles. The Balaban J connectivity index is 2.25. The molecule has 0 aliphatic carbocycles. The molecule has 0 saturated carbocycles. The minimum absolute atomic E-state index is 0.0217. The molecule has 2 aromatic rings. The van der Waals surface area contributed by atoms with Crippen LogP contribution in [-0.2, 0) is 0 Å². The van der Waals surface area contributed by atoms with Gasteiger partial charge in [0.2, 0.25) is 0 Å². The molecule has 0 fully saturated rings. The van der Waals surface area contributed by atoms with Crippen LogP contribution in [0.3, 0.4) is 0 Å². The Bertz CT molecular complexity index is 607. The Morgan fingerprint density at radius 1 is 1.28 bits per heavy atom. The molecule has 0 bridgehead atoms. The SMILES string of the molecule is O=[N+]([O-])c1ccc(Oc2cncc(Cl)c2)cc1Br. The van der Waals surface area contributed by atoms with Gasteiger partial charge in [-0.3, -0.25) is 15.1 Å². The summed E-state index contributed by atoms with van der Waals surface area (Å²) in [6, 6.07) is 5.98. The fraction of sp³-hybridized carbons (Fsp3) is 0. The van der Waals surface area contributed by atoms with Crippen LogP contribution in [0.25, 0.3) is 0 Å². The molecule has 7 heteroatoms. The number of aromatic nitrogens is 1. The Labute approximate surface area is 116 Å². The molecule has 0 aliphatic rings. The molecule has 5 nitrogen and oxygen atoms in total. The zero-order chi connectivity index (χ0) is 13.1. The predicted molar refractivity (Wildman–Crippen MR) is 70.1 cm³/mol. The summed E-state index contributed by atoms with van der Waals surface area (Å²) in [5.74, 6) is 0.916. The topological polar surface area (TPSA) is 65.3 Å². The van der Waals surface area contributed by atoms with Crippen LogP contribution in [0.2, 0.25) is 5.02 Å². The van der Waals surface area contributed by atoms with Crippen molar-refractivity contribution in [3.05, 3.63) is 56.3 Å². The van der Waals surface area contributed by atoms with E-state index >= 15 is 0 Å². The van der Waals surface area contributed by atoms with E-state index < -0.39 is 4.92 Å². The lowest BCUT2D eigenvalue weighted by Crippen LogP contribution is -1.90. The fourth-order valence-electron chi connectivity index (χ4n) is 1.28. The molecule has 2 rings (SSSR count). The summed E-state index contributed by atoms with van der Waals surface area (Å²) >= 11 is 8.88. The Kier molecular flexibility index (Phi) is 3.78. The molecule has 0 spiro atoms. The third kappa shape index (κ3) is 2.96. The molecule has 0 amide bonds. The number of rotatable bonds is 3. The van der Waals surface area contributed by atoms with Crippen molar-refractivity contribution in [3.8, 4) is 11.5 Å². The van der Waals surface area contributed by atoms with Crippen LogP contribution in [0.15, 0.2) is 41.1 Å². The van der Waals surface area contributed by atoms with Gasteiger partial charge < -0.3 is 4.74 Å². The average Bonchev–Trinajstić information content (AvgIpc) is 2.28. The van der Waals surface area contributed by atoms with Crippen molar-refractivity contribution in [1.29, 1.82) is 0 Å². The molecule has 0 N–H and O–H groups in total. The summed E-state index contributed by atoms with van der Waals surface area (Å²) in [5.41, 5.74) is -0.0217. The predicted octanol–water partition coefficient (Wildman–Crippen LogP) is 4.20. The summed E-state index contributed by atoms with van der Waals surface area (Å²) < 4.78 is 5.82. The van der Waals surface area contributed by atoms with E-state index in [0.717, 1.165) is 0 Å². The van der Waals surface area contributed by atoms with Crippen molar-refractivity contribution in [2.75, 3.05) is 0 Å². The van der Waals surface area contributed by atoms with E-state index in [4.69, 9.17) is 16.3 Å². The number of nitro groups is 1. The van der Waals surface area contributed by atoms with Gasteiger partial charge in [-0.2, -0.15) is 0 Å². The summed E-state index contributed by atoms with van der Waals surface area (Å²) in [6.45, 7) is 0. The van der Waals surface area contributed by atoms with Crippen LogP contribution >= 0.6 is 27.5 Å². The second-order valence-corrected chi connectivity index (χ2v) is 4.60. The maximum atomic E-state index is 10.6. The van der Waals surface area contributed by atoms with Gasteiger partial charge in [0.25, 0.3) is 5.69 Å². The first-order valence-electron chi connectivity index (χ1n) is 4.78. The second kappa shape index (κ2) is 5.32. The standard InChI is InChI=1S/C11H6BrClN2O3/c12-10-4-8(1-2-11(10)15(16)17)18-9-3-7(13)5-14-6-9/h1-6H. The van der Waals surface area contributed by atoms with E-state index in [1.54, 1.807) is 6.07 Å². The van der Waals surface area contributed by atoms with Gasteiger partial charge >= 0.3 is 0 Å². The number of ether oxygens (including phenoxy) is 1. The first kappa shape index (κ1) is 12.8. The Morgan fingerprint density at radius 3 is 2.67 bits per heavy atom. The van der Waals surface area contributed by atoms with E-state index in [1.807, 2.05) is 0 Å². The first-order valence-corrected chi connectivity index (χ1v) is 5.96. The first-order chi connectivity index (χ1) is 8.56. The summed E-state index contributed by atoms with van der Waals surface area (Å²) in [4.78, 5) is 14.0. The third-order valence-corrected chi connectivity index (χ3v) is 2.87. The van der Waals surface area contributed by atoms with E-state index in [0.29, 0.717) is 21.0 Å². The van der Waals surface area contributed by atoms with E-state index in [9.17, 15) is 10.1 Å². The molecule has 1 aromatic carbocycles. The van der Waals surface area contributed by atoms with E-state index in [-0.39, 0.29) is 5.69 Å². The lowest BCUT2D eigenvalue weighted by atomic mass is 10.3. The molecule has 18 heavy (non-hydrogen) atoms. The van der Waals surface area contributed by atoms with Gasteiger partial charge in [-0.15, -0.1) is 0 Å². The molecule has 0 aliphatic heterocycles. The van der Waals surface area contributed by atoms with Crippen LogP contribution in [0.5, 0.6) is 11.5 Å². The number of nitro benzene ring substituents is 1. The zero-order valence-corrected chi connectivity index (χ0v) is 11.2. The van der Waals surface area contributed by atoms with Gasteiger partial charge in [0.15, 0.2) is 0 Å². The van der Waals surface area contributed by atoms with Crippen molar-refractivity contribution >= 4 is 33.2 Å². The zero-order valence-electron chi connectivity index (χ0n) is 8.84. The van der Waals surface area contributed by atoms with Gasteiger partial charge in [-0.25, -0.2) is 0 Å². The van der Waals surface area contributed by atoms with E-state index in [2.05, 4.69) is 20.9 Å². The summed E-state index contributed by atoms with van der Waals surface area (Å²) in [5, 5.41) is 11.1. The molecule has 92 valence electrons. The lowest BCUT2D eigenvalue weighted by molar-refractivity contribution is -0.385. The van der Waals surface area contributed by atoms with Gasteiger partial charge in [0.05, 0.1) is 20.6 Å². The average molecular weight is 330 g/mol. The highest BCUT2D eigenvalue weighted by molar-refractivity contribution is 9.10. The number of halogens is 2. The number of nitrogens with zero attached hydrogens (tertiary/aromatic N) is 2. The quantitative estimate of drug-likeness (QED) is 0.625. The van der Waals surface area contributed by atoms with Gasteiger partial charge in [-0.05, 0) is 22.0 Å². The number of hydrogen-bond acceptors (Lipinski definition) is 4. The highest BCUT2D eigenvalue weighted by Crippen LogP contribution is 2.31. The van der Waals surface area contributed by atoms with Crippen molar-refractivity contribution in [2.45, 2.75) is 0 Å². The molecule has 0 unspecified atom stereocenters. The molecular weight excluding hydrogens is 323 g/mol. The van der Waals surface area contributed by atoms with Crippen LogP contribution in [0, 0.1) is 10.1 Å². The number of benzene rings is 1. The maximum absolute atomic E-state index is 10.6. The highest BCUT2D eigenvalue weighted by Gasteiger charge is 2.12. The second-order valence-electron chi connectivity index (χ2n) is 3.31. The highest BCUT2D eigenvalue weighted by atomic mass is 79.9. The van der Waals surface area contributed by atoms with Crippen LogP contribution < -0.4 is 4.74 Å². The van der Waals surface area contributed by atoms with Crippen molar-refractivity contribution in [1.82, 2.24) is 4.98 Å². The van der Waals surface area contributed by atoms with Gasteiger partial charge in [0.1, 0.15) is 11.5 Å². The van der Waals surface area contributed by atoms with Gasteiger partial charge in [-0.1, -0.05) is 11.6 Å². The minimum Gasteiger partial charge on any atom is -0.456 e. The largest absolute Gasteiger partial charge is 0.456 e. The third-order valence-electron chi connectivity index (χ3n) is 2.03. The molecule has 0 saturated heterocycles. The molecule has 1 aromatic heterocycles. The summed E-state index contributed by atoms with van der Waals surface area (Å²) in [7, 11) is 0. The van der Waals surface area contributed by atoms with Crippen molar-refractivity contribution in [2.24, 2.45) is 0 Å². The van der Waals surface area contributed by atoms with Crippen molar-refractivity contribution < 1.29 is 9.66 Å². The monoisotopic (exact) mass is 328 g/mol. The molecular formula is C11H6BrClN2O3. The number of pyridine rings is 1. The van der Waals surface area contributed by atoms with Crippen LogP contribution in [-0.4, -0.2) is 9.91 Å². The maximum Gasteiger partial charge on any atom is 0.283 e. The van der Waals surface area contributed by atoms with Crippen LogP contribution in [0.1, 0.15) is 0 Å². The van der Waals surface area contributed by atoms with Crippen molar-refractivity contribution in [3.63, 3.8) is 0 Å². The van der Waals surface area contributed by atoms with E-state index in [1.165, 1.54) is 30.6 Å². The Morgan fingerprint density at radius 2 is 2.06 bits per heavy atom. The normalized spacial score (nSPS) is 10.1. The van der Waals surface area contributed by atoms with Gasteiger partial charge in [0, 0.05) is 24.4 Å². The molecule has 0 atom stereocenters. The fourth-order valence-corrected chi connectivity index (χ4v) is 1.95. The van der Waals surface area contributed by atoms with Crippen LogP contribution in [0.4, 0.5) is 5.69 Å². The Hall–Kier alpha value is -1.66. The smallest absolute Gasteiger partial charge is 0.283 e.